The van der Waals surface area contributed by atoms with Gasteiger partial charge < -0.3 is 15.2 Å². The summed E-state index contributed by atoms with van der Waals surface area (Å²) in [5, 5.41) is 16.3. The summed E-state index contributed by atoms with van der Waals surface area (Å²) in [6.45, 7) is 3.33. The van der Waals surface area contributed by atoms with Crippen LogP contribution in [0.2, 0.25) is 0 Å². The summed E-state index contributed by atoms with van der Waals surface area (Å²) in [6, 6.07) is 7.27. The predicted molar refractivity (Wildman–Crippen MR) is 83.4 cm³/mol. The van der Waals surface area contributed by atoms with Gasteiger partial charge in [-0.05, 0) is 60.5 Å². The molecule has 0 radical (unpaired) electrons. The van der Waals surface area contributed by atoms with Gasteiger partial charge in [-0.2, -0.15) is 11.3 Å². The van der Waals surface area contributed by atoms with Crippen molar-refractivity contribution in [3.8, 4) is 5.75 Å². The molecule has 1 aromatic heterocycles. The Bertz CT molecular complexity index is 611. The number of nitrogens with one attached hydrogen (secondary N) is 1. The molecule has 22 heavy (non-hydrogen) atoms. The van der Waals surface area contributed by atoms with Crippen molar-refractivity contribution >= 4 is 17.2 Å². The highest BCUT2D eigenvalue weighted by molar-refractivity contribution is 7.07. The molecule has 1 amide bonds. The lowest BCUT2D eigenvalue weighted by Gasteiger charge is -2.26. The molecule has 1 heterocycles. The van der Waals surface area contributed by atoms with E-state index < -0.39 is 11.7 Å². The van der Waals surface area contributed by atoms with Gasteiger partial charge in [-0.25, -0.2) is 4.39 Å². The molecular formula is C16H18FNO3S. The van der Waals surface area contributed by atoms with Crippen molar-refractivity contribution in [3.05, 3.63) is 52.5 Å². The van der Waals surface area contributed by atoms with Gasteiger partial charge in [-0.15, -0.1) is 0 Å². The molecule has 118 valence electrons. The van der Waals surface area contributed by atoms with E-state index in [-0.39, 0.29) is 18.3 Å². The van der Waals surface area contributed by atoms with Gasteiger partial charge in [-0.1, -0.05) is 0 Å². The molecule has 0 aliphatic carbocycles. The highest BCUT2D eigenvalue weighted by atomic mass is 32.1. The van der Waals surface area contributed by atoms with Crippen molar-refractivity contribution in [3.63, 3.8) is 0 Å². The number of hydrogen-bond acceptors (Lipinski definition) is 4. The number of aliphatic hydroxyl groups is 1. The number of halogens is 1. The van der Waals surface area contributed by atoms with E-state index >= 15 is 0 Å². The van der Waals surface area contributed by atoms with E-state index in [2.05, 4.69) is 5.32 Å². The molecule has 0 spiro atoms. The molecule has 2 rings (SSSR count). The second-order valence-corrected chi connectivity index (χ2v) is 6.13. The summed E-state index contributed by atoms with van der Waals surface area (Å²) < 4.78 is 18.4. The van der Waals surface area contributed by atoms with Gasteiger partial charge in [0, 0.05) is 6.54 Å². The highest BCUT2D eigenvalue weighted by Crippen LogP contribution is 2.20. The first-order valence-electron chi connectivity index (χ1n) is 6.81. The average molecular weight is 323 g/mol. The van der Waals surface area contributed by atoms with Crippen LogP contribution in [0.3, 0.4) is 0 Å². The fourth-order valence-corrected chi connectivity index (χ4v) is 2.54. The zero-order valence-electron chi connectivity index (χ0n) is 12.4. The lowest BCUT2D eigenvalue weighted by Crippen LogP contribution is -2.47. The zero-order valence-corrected chi connectivity index (χ0v) is 13.2. The van der Waals surface area contributed by atoms with Gasteiger partial charge in [0.15, 0.2) is 5.60 Å². The smallest absolute Gasteiger partial charge is 0.263 e. The standard InChI is InChI=1S/C16H18FNO3S/c1-16(2,21-13-5-3-12(17)4-6-13)15(20)18-9-14(19)11-7-8-22-10-11/h3-8,10,14,19H,9H2,1-2H3,(H,18,20). The summed E-state index contributed by atoms with van der Waals surface area (Å²) in [6.07, 6.45) is -0.753. The number of ether oxygens (including phenoxy) is 1. The quantitative estimate of drug-likeness (QED) is 0.859. The number of carbonyl (C=O) groups excluding carboxylic acids is 1. The highest BCUT2D eigenvalue weighted by Gasteiger charge is 2.30. The van der Waals surface area contributed by atoms with Crippen LogP contribution in [0, 0.1) is 5.82 Å². The number of amides is 1. The molecule has 1 unspecified atom stereocenters. The number of hydrogen-bond donors (Lipinski definition) is 2. The minimum atomic E-state index is -1.13. The number of thiophene rings is 1. The zero-order chi connectivity index (χ0) is 16.2. The van der Waals surface area contributed by atoms with Crippen LogP contribution in [0.4, 0.5) is 4.39 Å². The van der Waals surface area contributed by atoms with Crippen LogP contribution in [0.5, 0.6) is 5.75 Å². The molecule has 2 N–H and O–H groups in total. The lowest BCUT2D eigenvalue weighted by atomic mass is 10.1. The lowest BCUT2D eigenvalue weighted by molar-refractivity contribution is -0.134. The van der Waals surface area contributed by atoms with Crippen LogP contribution in [0.15, 0.2) is 41.1 Å². The van der Waals surface area contributed by atoms with Crippen LogP contribution in [-0.4, -0.2) is 23.2 Å². The summed E-state index contributed by atoms with van der Waals surface area (Å²) in [5.74, 6) is -0.320. The van der Waals surface area contributed by atoms with Crippen LogP contribution in [0.1, 0.15) is 25.5 Å². The summed E-state index contributed by atoms with van der Waals surface area (Å²) >= 11 is 1.48. The third-order valence-electron chi connectivity index (χ3n) is 3.12. The van der Waals surface area contributed by atoms with Crippen LogP contribution in [0.25, 0.3) is 0 Å². The van der Waals surface area contributed by atoms with Crippen LogP contribution < -0.4 is 10.1 Å². The summed E-state index contributed by atoms with van der Waals surface area (Å²) in [5.41, 5.74) is -0.366. The molecular weight excluding hydrogens is 305 g/mol. The number of carbonyl (C=O) groups is 1. The Morgan fingerprint density at radius 3 is 2.64 bits per heavy atom. The Kier molecular flexibility index (Phi) is 5.15. The molecule has 4 nitrogen and oxygen atoms in total. The Morgan fingerprint density at radius 1 is 1.36 bits per heavy atom. The van der Waals surface area contributed by atoms with E-state index in [4.69, 9.17) is 4.74 Å². The molecule has 0 aliphatic rings. The largest absolute Gasteiger partial charge is 0.478 e. The normalized spacial score (nSPS) is 12.7. The van der Waals surface area contributed by atoms with Crippen molar-refractivity contribution in [2.24, 2.45) is 0 Å². The van der Waals surface area contributed by atoms with Crippen molar-refractivity contribution in [2.45, 2.75) is 25.6 Å². The van der Waals surface area contributed by atoms with Crippen LogP contribution in [-0.2, 0) is 4.79 Å². The maximum Gasteiger partial charge on any atom is 0.263 e. The number of aliphatic hydroxyl groups excluding tert-OH is 1. The Labute approximate surface area is 132 Å². The van der Waals surface area contributed by atoms with Crippen molar-refractivity contribution in [1.29, 1.82) is 0 Å². The SMILES string of the molecule is CC(C)(Oc1ccc(F)cc1)C(=O)NCC(O)c1ccsc1. The van der Waals surface area contributed by atoms with Crippen molar-refractivity contribution in [1.82, 2.24) is 5.32 Å². The Balaban J connectivity index is 1.91. The van der Waals surface area contributed by atoms with E-state index in [1.165, 1.54) is 35.6 Å². The van der Waals surface area contributed by atoms with Crippen LogP contribution >= 0.6 is 11.3 Å². The van der Waals surface area contributed by atoms with E-state index in [1.807, 2.05) is 16.8 Å². The van der Waals surface area contributed by atoms with E-state index in [0.29, 0.717) is 5.75 Å². The topological polar surface area (TPSA) is 58.6 Å². The minimum Gasteiger partial charge on any atom is -0.478 e. The van der Waals surface area contributed by atoms with Gasteiger partial charge in [-0.3, -0.25) is 4.79 Å². The Morgan fingerprint density at radius 2 is 2.05 bits per heavy atom. The summed E-state index contributed by atoms with van der Waals surface area (Å²) in [4.78, 5) is 12.2. The maximum absolute atomic E-state index is 12.9. The minimum absolute atomic E-state index is 0.103. The number of rotatable bonds is 6. The second-order valence-electron chi connectivity index (χ2n) is 5.35. The first kappa shape index (κ1) is 16.5. The Hall–Kier alpha value is -1.92. The fraction of sp³-hybridized carbons (Fsp3) is 0.312. The van der Waals surface area contributed by atoms with Gasteiger partial charge in [0.2, 0.25) is 0 Å². The average Bonchev–Trinajstić information content (AvgIpc) is 3.01. The van der Waals surface area contributed by atoms with Crippen molar-refractivity contribution < 1.29 is 19.0 Å². The maximum atomic E-state index is 12.9. The van der Waals surface area contributed by atoms with E-state index in [1.54, 1.807) is 13.8 Å². The first-order chi connectivity index (χ1) is 10.4. The molecule has 0 saturated heterocycles. The molecule has 0 bridgehead atoms. The fourth-order valence-electron chi connectivity index (χ4n) is 1.83. The first-order valence-corrected chi connectivity index (χ1v) is 7.76. The third kappa shape index (κ3) is 4.29. The third-order valence-corrected chi connectivity index (χ3v) is 3.82. The van der Waals surface area contributed by atoms with E-state index in [0.717, 1.165) is 5.56 Å². The summed E-state index contributed by atoms with van der Waals surface area (Å²) in [7, 11) is 0. The molecule has 1 aromatic carbocycles. The number of benzene rings is 1. The van der Waals surface area contributed by atoms with Gasteiger partial charge in [0.1, 0.15) is 11.6 Å². The molecule has 0 aliphatic heterocycles. The molecule has 2 aromatic rings. The molecule has 1 atom stereocenters. The predicted octanol–water partition coefficient (Wildman–Crippen LogP) is 2.89. The van der Waals surface area contributed by atoms with Gasteiger partial charge in [0.25, 0.3) is 5.91 Å². The van der Waals surface area contributed by atoms with Gasteiger partial charge in [0.05, 0.1) is 6.10 Å². The second kappa shape index (κ2) is 6.89. The van der Waals surface area contributed by atoms with E-state index in [9.17, 15) is 14.3 Å². The monoisotopic (exact) mass is 323 g/mol. The molecule has 0 saturated carbocycles. The molecule has 6 heteroatoms. The van der Waals surface area contributed by atoms with Gasteiger partial charge >= 0.3 is 0 Å². The molecule has 0 fully saturated rings. The van der Waals surface area contributed by atoms with Crippen molar-refractivity contribution in [2.75, 3.05) is 6.54 Å².